The largest absolute Gasteiger partial charge is 0.416 e. The summed E-state index contributed by atoms with van der Waals surface area (Å²) in [5, 5.41) is 14.7. The summed E-state index contributed by atoms with van der Waals surface area (Å²) < 4.78 is 38.5. The Hall–Kier alpha value is -3.60. The Kier molecular flexibility index (Phi) is 4.94. The minimum Gasteiger partial charge on any atom is -0.340 e. The van der Waals surface area contributed by atoms with Gasteiger partial charge in [0.25, 0.3) is 0 Å². The van der Waals surface area contributed by atoms with Crippen molar-refractivity contribution in [3.05, 3.63) is 71.4 Å². The lowest BCUT2D eigenvalue weighted by Crippen LogP contribution is -2.06. The van der Waals surface area contributed by atoms with Crippen molar-refractivity contribution >= 4 is 23.1 Å². The number of hydrogen-bond donors (Lipinski definition) is 2. The monoisotopic (exact) mass is 369 g/mol. The van der Waals surface area contributed by atoms with Gasteiger partial charge >= 0.3 is 6.18 Å². The molecule has 0 aliphatic heterocycles. The van der Waals surface area contributed by atoms with E-state index in [0.717, 1.165) is 12.1 Å². The van der Waals surface area contributed by atoms with Gasteiger partial charge < -0.3 is 10.6 Å². The van der Waals surface area contributed by atoms with Gasteiger partial charge in [0.05, 0.1) is 17.2 Å². The van der Waals surface area contributed by atoms with Crippen molar-refractivity contribution < 1.29 is 13.2 Å². The summed E-state index contributed by atoms with van der Waals surface area (Å²) in [5.74, 6) is 0.646. The number of alkyl halides is 3. The lowest BCUT2D eigenvalue weighted by atomic mass is 10.2. The van der Waals surface area contributed by atoms with Crippen LogP contribution in [0.1, 0.15) is 16.8 Å². The standard InChI is InChI=1S/C19H14F3N5/c1-12-9-17(25-16-4-2-3-14(10-16)19(20,21)22)27-18(24-12)26-15-7-5-13(11-23)6-8-15/h2-10H,1H3,(H2,24,25,26,27). The van der Waals surface area contributed by atoms with E-state index in [9.17, 15) is 13.2 Å². The highest BCUT2D eigenvalue weighted by Gasteiger charge is 2.30. The summed E-state index contributed by atoms with van der Waals surface area (Å²) in [6.45, 7) is 1.75. The molecule has 0 aliphatic rings. The third-order valence-corrected chi connectivity index (χ3v) is 3.59. The van der Waals surface area contributed by atoms with Crippen LogP contribution in [0.5, 0.6) is 0 Å². The van der Waals surface area contributed by atoms with E-state index >= 15 is 0 Å². The first kappa shape index (κ1) is 18.2. The molecule has 0 fully saturated rings. The number of aromatic nitrogens is 2. The number of rotatable bonds is 4. The van der Waals surface area contributed by atoms with Crippen LogP contribution in [0, 0.1) is 18.3 Å². The maximum atomic E-state index is 12.8. The van der Waals surface area contributed by atoms with E-state index in [0.29, 0.717) is 22.8 Å². The van der Waals surface area contributed by atoms with Crippen molar-refractivity contribution in [1.29, 1.82) is 5.26 Å². The molecule has 0 amide bonds. The second-order valence-electron chi connectivity index (χ2n) is 5.74. The summed E-state index contributed by atoms with van der Waals surface area (Å²) >= 11 is 0. The summed E-state index contributed by atoms with van der Waals surface area (Å²) in [4.78, 5) is 8.54. The quantitative estimate of drug-likeness (QED) is 0.664. The average Bonchev–Trinajstić information content (AvgIpc) is 2.61. The minimum atomic E-state index is -4.42. The molecule has 27 heavy (non-hydrogen) atoms. The smallest absolute Gasteiger partial charge is 0.340 e. The molecule has 0 saturated heterocycles. The SMILES string of the molecule is Cc1cc(Nc2cccc(C(F)(F)F)c2)nc(Nc2ccc(C#N)cc2)n1. The third kappa shape index (κ3) is 4.73. The Morgan fingerprint density at radius 3 is 2.33 bits per heavy atom. The Labute approximate surface area is 153 Å². The summed E-state index contributed by atoms with van der Waals surface area (Å²) in [6.07, 6.45) is -4.42. The van der Waals surface area contributed by atoms with E-state index in [4.69, 9.17) is 5.26 Å². The summed E-state index contributed by atoms with van der Waals surface area (Å²) in [7, 11) is 0. The van der Waals surface area contributed by atoms with Crippen LogP contribution >= 0.6 is 0 Å². The van der Waals surface area contributed by atoms with E-state index in [2.05, 4.69) is 20.6 Å². The van der Waals surface area contributed by atoms with E-state index in [1.165, 1.54) is 12.1 Å². The van der Waals surface area contributed by atoms with Crippen LogP contribution in [0.3, 0.4) is 0 Å². The molecule has 3 rings (SSSR count). The maximum absolute atomic E-state index is 12.8. The van der Waals surface area contributed by atoms with E-state index < -0.39 is 11.7 Å². The highest BCUT2D eigenvalue weighted by molar-refractivity contribution is 5.61. The van der Waals surface area contributed by atoms with Crippen LogP contribution in [0.4, 0.5) is 36.3 Å². The molecule has 0 atom stereocenters. The maximum Gasteiger partial charge on any atom is 0.416 e. The number of nitriles is 1. The van der Waals surface area contributed by atoms with E-state index in [1.807, 2.05) is 6.07 Å². The first-order valence-corrected chi connectivity index (χ1v) is 7.91. The normalized spacial score (nSPS) is 10.9. The zero-order chi connectivity index (χ0) is 19.4. The lowest BCUT2D eigenvalue weighted by Gasteiger charge is -2.12. The van der Waals surface area contributed by atoms with Crippen LogP contribution < -0.4 is 10.6 Å². The topological polar surface area (TPSA) is 73.6 Å². The molecule has 1 aromatic heterocycles. The van der Waals surface area contributed by atoms with Gasteiger partial charge in [0.15, 0.2) is 0 Å². The molecule has 0 aliphatic carbocycles. The molecular formula is C19H14F3N5. The van der Waals surface area contributed by atoms with Gasteiger partial charge in [-0.3, -0.25) is 0 Å². The Morgan fingerprint density at radius 2 is 1.67 bits per heavy atom. The second kappa shape index (κ2) is 7.33. The van der Waals surface area contributed by atoms with Crippen LogP contribution in [-0.2, 0) is 6.18 Å². The zero-order valence-electron chi connectivity index (χ0n) is 14.2. The van der Waals surface area contributed by atoms with Crippen molar-refractivity contribution in [2.45, 2.75) is 13.1 Å². The van der Waals surface area contributed by atoms with Gasteiger partial charge in [0.2, 0.25) is 5.95 Å². The molecule has 0 bridgehead atoms. The van der Waals surface area contributed by atoms with Crippen molar-refractivity contribution in [2.24, 2.45) is 0 Å². The van der Waals surface area contributed by atoms with Gasteiger partial charge in [0, 0.05) is 23.1 Å². The molecule has 2 aromatic carbocycles. The van der Waals surface area contributed by atoms with Gasteiger partial charge in [-0.2, -0.15) is 23.4 Å². The third-order valence-electron chi connectivity index (χ3n) is 3.59. The first-order chi connectivity index (χ1) is 12.8. The van der Waals surface area contributed by atoms with Crippen molar-refractivity contribution in [2.75, 3.05) is 10.6 Å². The van der Waals surface area contributed by atoms with Gasteiger partial charge in [-0.1, -0.05) is 6.07 Å². The molecule has 0 saturated carbocycles. The fourth-order valence-corrected chi connectivity index (χ4v) is 2.37. The van der Waals surface area contributed by atoms with Crippen molar-refractivity contribution in [3.63, 3.8) is 0 Å². The number of halogens is 3. The zero-order valence-corrected chi connectivity index (χ0v) is 14.2. The fourth-order valence-electron chi connectivity index (χ4n) is 2.37. The predicted octanol–water partition coefficient (Wildman–Crippen LogP) is 5.16. The highest BCUT2D eigenvalue weighted by Crippen LogP contribution is 2.31. The average molecular weight is 369 g/mol. The lowest BCUT2D eigenvalue weighted by molar-refractivity contribution is -0.137. The number of nitrogens with one attached hydrogen (secondary N) is 2. The van der Waals surface area contributed by atoms with Crippen molar-refractivity contribution in [3.8, 4) is 6.07 Å². The number of anilines is 4. The molecule has 0 unspecified atom stereocenters. The molecule has 5 nitrogen and oxygen atoms in total. The highest BCUT2D eigenvalue weighted by atomic mass is 19.4. The van der Waals surface area contributed by atoms with Crippen LogP contribution in [0.2, 0.25) is 0 Å². The van der Waals surface area contributed by atoms with Gasteiger partial charge in [0.1, 0.15) is 5.82 Å². The Balaban J connectivity index is 1.82. The molecule has 3 aromatic rings. The predicted molar refractivity (Wildman–Crippen MR) is 95.9 cm³/mol. The minimum absolute atomic E-state index is 0.271. The summed E-state index contributed by atoms with van der Waals surface area (Å²) in [5.41, 5.74) is 1.37. The molecule has 136 valence electrons. The Morgan fingerprint density at radius 1 is 0.926 bits per heavy atom. The number of aryl methyl sites for hydroxylation is 1. The number of hydrogen-bond acceptors (Lipinski definition) is 5. The molecule has 1 heterocycles. The number of benzene rings is 2. The van der Waals surface area contributed by atoms with Gasteiger partial charge in [-0.15, -0.1) is 0 Å². The summed E-state index contributed by atoms with van der Waals surface area (Å²) in [6, 6.07) is 15.3. The molecular weight excluding hydrogens is 355 g/mol. The van der Waals surface area contributed by atoms with Crippen LogP contribution in [-0.4, -0.2) is 9.97 Å². The number of nitrogens with zero attached hydrogens (tertiary/aromatic N) is 3. The molecule has 8 heteroatoms. The first-order valence-electron chi connectivity index (χ1n) is 7.91. The molecule has 0 radical (unpaired) electrons. The van der Waals surface area contributed by atoms with E-state index in [-0.39, 0.29) is 11.6 Å². The molecule has 2 N–H and O–H groups in total. The van der Waals surface area contributed by atoms with Gasteiger partial charge in [-0.25, -0.2) is 4.98 Å². The molecule has 0 spiro atoms. The van der Waals surface area contributed by atoms with Crippen LogP contribution in [0.15, 0.2) is 54.6 Å². The van der Waals surface area contributed by atoms with Crippen LogP contribution in [0.25, 0.3) is 0 Å². The van der Waals surface area contributed by atoms with Crippen molar-refractivity contribution in [1.82, 2.24) is 9.97 Å². The van der Waals surface area contributed by atoms with E-state index in [1.54, 1.807) is 37.3 Å². The van der Waals surface area contributed by atoms with Gasteiger partial charge in [-0.05, 0) is 49.4 Å². The Bertz CT molecular complexity index is 991. The second-order valence-corrected chi connectivity index (χ2v) is 5.74. The fraction of sp³-hybridized carbons (Fsp3) is 0.105.